The summed E-state index contributed by atoms with van der Waals surface area (Å²) in [4.78, 5) is 18.7. The maximum atomic E-state index is 13.8. The third-order valence-corrected chi connectivity index (χ3v) is 7.22. The summed E-state index contributed by atoms with van der Waals surface area (Å²) in [5.74, 6) is 1.15. The molecule has 3 aromatic carbocycles. The molecule has 4 nitrogen and oxygen atoms in total. The van der Waals surface area contributed by atoms with E-state index >= 15 is 0 Å². The van der Waals surface area contributed by atoms with Crippen molar-refractivity contribution in [1.82, 2.24) is 9.80 Å². The van der Waals surface area contributed by atoms with Crippen LogP contribution in [-0.2, 0) is 6.54 Å². The quantitative estimate of drug-likeness (QED) is 0.271. The Balaban J connectivity index is 1.48. The highest BCUT2D eigenvalue weighted by Gasteiger charge is 2.29. The summed E-state index contributed by atoms with van der Waals surface area (Å²) >= 11 is 0. The molecule has 0 saturated carbocycles. The monoisotopic (exact) mass is 458 g/mol. The van der Waals surface area contributed by atoms with Gasteiger partial charge in [0.1, 0.15) is 5.75 Å². The summed E-state index contributed by atoms with van der Waals surface area (Å²) in [6, 6.07) is 20.9. The number of piperazine rings is 1. The minimum atomic E-state index is -0.0396. The average molecular weight is 459 g/mol. The summed E-state index contributed by atoms with van der Waals surface area (Å²) in [7, 11) is 1.70. The van der Waals surface area contributed by atoms with Crippen LogP contribution in [0.2, 0.25) is 0 Å². The van der Waals surface area contributed by atoms with Gasteiger partial charge in [0.05, 0.1) is 13.2 Å². The molecule has 4 rings (SSSR count). The van der Waals surface area contributed by atoms with Gasteiger partial charge in [-0.2, -0.15) is 0 Å². The fraction of sp³-hybridized carbons (Fsp3) is 0.433. The number of ether oxygens (including phenoxy) is 1. The second kappa shape index (κ2) is 11.6. The number of ketones is 1. The van der Waals surface area contributed by atoms with Crippen LogP contribution in [0, 0.1) is 6.92 Å². The van der Waals surface area contributed by atoms with Crippen LogP contribution in [0.4, 0.5) is 0 Å². The van der Waals surface area contributed by atoms with Crippen LogP contribution in [0.25, 0.3) is 10.8 Å². The van der Waals surface area contributed by atoms with Gasteiger partial charge in [0.2, 0.25) is 0 Å². The fourth-order valence-corrected chi connectivity index (χ4v) is 5.17. The number of rotatable bonds is 10. The number of fused-ring (bicyclic) bond motifs is 1. The minimum absolute atomic E-state index is 0.0396. The third kappa shape index (κ3) is 5.68. The van der Waals surface area contributed by atoms with Gasteiger partial charge in [0.15, 0.2) is 5.78 Å². The van der Waals surface area contributed by atoms with E-state index in [1.165, 1.54) is 18.4 Å². The van der Waals surface area contributed by atoms with Crippen molar-refractivity contribution >= 4 is 16.6 Å². The Bertz CT molecular complexity index is 1090. The molecule has 0 spiro atoms. The normalized spacial score (nSPS) is 16.0. The topological polar surface area (TPSA) is 32.8 Å². The SMILES string of the molecule is CCCCCC(C(=O)c1ccc2c(C)c(OC)ccc2c1)N1CCN(Cc2ccccc2)CC1. The van der Waals surface area contributed by atoms with Gasteiger partial charge < -0.3 is 4.74 Å². The summed E-state index contributed by atoms with van der Waals surface area (Å²) in [5.41, 5.74) is 3.30. The molecule has 0 bridgehead atoms. The highest BCUT2D eigenvalue weighted by Crippen LogP contribution is 2.29. The lowest BCUT2D eigenvalue weighted by molar-refractivity contribution is 0.0627. The Morgan fingerprint density at radius 3 is 2.44 bits per heavy atom. The van der Waals surface area contributed by atoms with Crippen LogP contribution < -0.4 is 4.74 Å². The molecular formula is C30H38N2O2. The molecule has 0 N–H and O–H groups in total. The van der Waals surface area contributed by atoms with Crippen LogP contribution in [0.1, 0.15) is 54.1 Å². The van der Waals surface area contributed by atoms with Crippen molar-refractivity contribution in [3.05, 3.63) is 77.4 Å². The number of unbranched alkanes of at least 4 members (excludes halogenated alkanes) is 2. The maximum absolute atomic E-state index is 13.8. The van der Waals surface area contributed by atoms with E-state index in [9.17, 15) is 4.79 Å². The van der Waals surface area contributed by atoms with E-state index in [0.717, 1.165) is 73.2 Å². The van der Waals surface area contributed by atoms with Crippen molar-refractivity contribution in [1.29, 1.82) is 0 Å². The molecule has 3 aromatic rings. The lowest BCUT2D eigenvalue weighted by atomic mass is 9.94. The highest BCUT2D eigenvalue weighted by molar-refractivity contribution is 6.03. The molecular weight excluding hydrogens is 420 g/mol. The van der Waals surface area contributed by atoms with Crippen LogP contribution >= 0.6 is 0 Å². The smallest absolute Gasteiger partial charge is 0.179 e. The van der Waals surface area contributed by atoms with Crippen LogP contribution in [0.5, 0.6) is 5.75 Å². The molecule has 180 valence electrons. The zero-order chi connectivity index (χ0) is 23.9. The van der Waals surface area contributed by atoms with Crippen molar-refractivity contribution in [3.8, 4) is 5.75 Å². The first-order valence-corrected chi connectivity index (χ1v) is 12.7. The van der Waals surface area contributed by atoms with Crippen LogP contribution in [-0.4, -0.2) is 54.9 Å². The third-order valence-electron chi connectivity index (χ3n) is 7.22. The van der Waals surface area contributed by atoms with E-state index in [0.29, 0.717) is 0 Å². The molecule has 0 amide bonds. The number of hydrogen-bond acceptors (Lipinski definition) is 4. The summed E-state index contributed by atoms with van der Waals surface area (Å²) < 4.78 is 5.47. The first-order valence-electron chi connectivity index (χ1n) is 12.7. The summed E-state index contributed by atoms with van der Waals surface area (Å²) in [5, 5.41) is 2.25. The number of aryl methyl sites for hydroxylation is 1. The van der Waals surface area contributed by atoms with Crippen molar-refractivity contribution < 1.29 is 9.53 Å². The number of methoxy groups -OCH3 is 1. The van der Waals surface area contributed by atoms with E-state index in [1.54, 1.807) is 7.11 Å². The highest BCUT2D eigenvalue weighted by atomic mass is 16.5. The molecule has 1 heterocycles. The number of hydrogen-bond donors (Lipinski definition) is 0. The van der Waals surface area contributed by atoms with Gasteiger partial charge in [-0.1, -0.05) is 74.7 Å². The Morgan fingerprint density at radius 2 is 1.74 bits per heavy atom. The predicted octanol–water partition coefficient (Wildman–Crippen LogP) is 6.11. The molecule has 1 aliphatic heterocycles. The number of Topliss-reactive ketones (excluding diaryl/α,β-unsaturated/α-hetero) is 1. The Labute approximate surface area is 204 Å². The van der Waals surface area contributed by atoms with E-state index in [1.807, 2.05) is 12.1 Å². The molecule has 0 radical (unpaired) electrons. The molecule has 34 heavy (non-hydrogen) atoms. The van der Waals surface area contributed by atoms with Gasteiger partial charge in [0.25, 0.3) is 0 Å². The van der Waals surface area contributed by atoms with Gasteiger partial charge >= 0.3 is 0 Å². The fourth-order valence-electron chi connectivity index (χ4n) is 5.17. The van der Waals surface area contributed by atoms with Crippen molar-refractivity contribution in [2.24, 2.45) is 0 Å². The van der Waals surface area contributed by atoms with Gasteiger partial charge in [-0.25, -0.2) is 0 Å². The van der Waals surface area contributed by atoms with Gasteiger partial charge in [0, 0.05) is 38.3 Å². The number of benzene rings is 3. The van der Waals surface area contributed by atoms with Crippen molar-refractivity contribution in [2.75, 3.05) is 33.3 Å². The van der Waals surface area contributed by atoms with Crippen molar-refractivity contribution in [3.63, 3.8) is 0 Å². The molecule has 0 aromatic heterocycles. The molecule has 1 fully saturated rings. The Morgan fingerprint density at radius 1 is 0.971 bits per heavy atom. The van der Waals surface area contributed by atoms with Crippen LogP contribution in [0.3, 0.4) is 0 Å². The second-order valence-electron chi connectivity index (χ2n) is 9.50. The van der Waals surface area contributed by atoms with Gasteiger partial charge in [-0.05, 0) is 47.4 Å². The lowest BCUT2D eigenvalue weighted by Crippen LogP contribution is -2.52. The van der Waals surface area contributed by atoms with Crippen LogP contribution in [0.15, 0.2) is 60.7 Å². The predicted molar refractivity (Wildman–Crippen MR) is 141 cm³/mol. The number of carbonyl (C=O) groups is 1. The molecule has 1 unspecified atom stereocenters. The average Bonchev–Trinajstić information content (AvgIpc) is 2.88. The van der Waals surface area contributed by atoms with E-state index < -0.39 is 0 Å². The Hall–Kier alpha value is -2.69. The van der Waals surface area contributed by atoms with E-state index in [-0.39, 0.29) is 11.8 Å². The van der Waals surface area contributed by atoms with Gasteiger partial charge in [-0.3, -0.25) is 14.6 Å². The lowest BCUT2D eigenvalue weighted by Gasteiger charge is -2.39. The van der Waals surface area contributed by atoms with E-state index in [4.69, 9.17) is 4.74 Å². The minimum Gasteiger partial charge on any atom is -0.496 e. The number of nitrogens with zero attached hydrogens (tertiary/aromatic N) is 2. The molecule has 1 aliphatic rings. The van der Waals surface area contributed by atoms with Crippen molar-refractivity contribution in [2.45, 2.75) is 52.1 Å². The molecule has 1 saturated heterocycles. The number of carbonyl (C=O) groups excluding carboxylic acids is 1. The first kappa shape index (κ1) is 24.4. The molecule has 0 aliphatic carbocycles. The summed E-state index contributed by atoms with van der Waals surface area (Å²) in [6.07, 6.45) is 4.38. The molecule has 4 heteroatoms. The Kier molecular flexibility index (Phi) is 8.36. The zero-order valence-electron chi connectivity index (χ0n) is 20.9. The first-order chi connectivity index (χ1) is 16.6. The summed E-state index contributed by atoms with van der Waals surface area (Å²) in [6.45, 7) is 9.17. The standard InChI is InChI=1S/C30H38N2O2/c1-4-5-7-12-28(32-19-17-31(18-20-32)22-24-10-8-6-9-11-24)30(33)26-13-15-27-23(2)29(34-3)16-14-25(27)21-26/h6,8-11,13-16,21,28H,4-5,7,12,17-20,22H2,1-3H3. The second-order valence-corrected chi connectivity index (χ2v) is 9.50. The van der Waals surface area contributed by atoms with Gasteiger partial charge in [-0.15, -0.1) is 0 Å². The maximum Gasteiger partial charge on any atom is 0.179 e. The zero-order valence-corrected chi connectivity index (χ0v) is 20.9. The molecule has 1 atom stereocenters. The van der Waals surface area contributed by atoms with E-state index in [2.05, 4.69) is 72.2 Å². The largest absolute Gasteiger partial charge is 0.496 e.